The molecule has 0 bridgehead atoms. The van der Waals surface area contributed by atoms with E-state index in [0.29, 0.717) is 11.3 Å². The Kier molecular flexibility index (Phi) is 4.78. The van der Waals surface area contributed by atoms with E-state index >= 15 is 0 Å². The highest BCUT2D eigenvalue weighted by Gasteiger charge is 2.12. The molecule has 0 amide bonds. The van der Waals surface area contributed by atoms with Crippen molar-refractivity contribution in [1.29, 1.82) is 5.26 Å². The van der Waals surface area contributed by atoms with Gasteiger partial charge in [0.15, 0.2) is 0 Å². The fourth-order valence-electron chi connectivity index (χ4n) is 2.15. The van der Waals surface area contributed by atoms with Crippen LogP contribution < -0.4 is 10.1 Å². The molecule has 2 aromatic carbocycles. The monoisotopic (exact) mass is 284 g/mol. The Morgan fingerprint density at radius 3 is 2.48 bits per heavy atom. The van der Waals surface area contributed by atoms with E-state index in [9.17, 15) is 4.39 Å². The van der Waals surface area contributed by atoms with Crippen LogP contribution in [-0.4, -0.2) is 7.11 Å². The van der Waals surface area contributed by atoms with Crippen molar-refractivity contribution in [1.82, 2.24) is 0 Å². The van der Waals surface area contributed by atoms with Crippen LogP contribution in [0.15, 0.2) is 42.5 Å². The summed E-state index contributed by atoms with van der Waals surface area (Å²) in [6.45, 7) is 2.03. The van der Waals surface area contributed by atoms with Crippen LogP contribution in [0.5, 0.6) is 5.75 Å². The summed E-state index contributed by atoms with van der Waals surface area (Å²) in [6, 6.07) is 14.1. The summed E-state index contributed by atoms with van der Waals surface area (Å²) in [7, 11) is 1.62. The Hall–Kier alpha value is -2.54. The highest BCUT2D eigenvalue weighted by atomic mass is 19.1. The molecule has 0 fully saturated rings. The number of nitrogens with one attached hydrogen (secondary N) is 1. The first-order chi connectivity index (χ1) is 10.2. The standard InChI is InChI=1S/C17H17FN2O/c1-3-16(13-5-7-14(21-2)8-6-13)20-17-9-4-12(11-19)10-15(17)18/h4-10,16,20H,3H2,1-2H3. The van der Waals surface area contributed by atoms with Gasteiger partial charge in [0, 0.05) is 0 Å². The normalized spacial score (nSPS) is 11.5. The molecule has 0 aliphatic heterocycles. The lowest BCUT2D eigenvalue weighted by molar-refractivity contribution is 0.414. The summed E-state index contributed by atoms with van der Waals surface area (Å²) in [6.07, 6.45) is 0.811. The van der Waals surface area contributed by atoms with Gasteiger partial charge in [-0.2, -0.15) is 5.26 Å². The number of benzene rings is 2. The van der Waals surface area contributed by atoms with E-state index in [0.717, 1.165) is 17.7 Å². The van der Waals surface area contributed by atoms with Crippen molar-refractivity contribution in [3.63, 3.8) is 0 Å². The molecule has 21 heavy (non-hydrogen) atoms. The Balaban J connectivity index is 2.20. The largest absolute Gasteiger partial charge is 0.497 e. The van der Waals surface area contributed by atoms with Crippen LogP contribution in [-0.2, 0) is 0 Å². The molecule has 0 radical (unpaired) electrons. The number of rotatable bonds is 5. The van der Waals surface area contributed by atoms with Gasteiger partial charge in [-0.05, 0) is 42.3 Å². The van der Waals surface area contributed by atoms with Crippen LogP contribution in [0, 0.1) is 17.1 Å². The van der Waals surface area contributed by atoms with Crippen molar-refractivity contribution in [2.45, 2.75) is 19.4 Å². The van der Waals surface area contributed by atoms with Gasteiger partial charge in [-0.25, -0.2) is 4.39 Å². The summed E-state index contributed by atoms with van der Waals surface area (Å²) in [5.74, 6) is 0.374. The zero-order valence-electron chi connectivity index (χ0n) is 12.1. The molecule has 0 heterocycles. The first-order valence-corrected chi connectivity index (χ1v) is 6.78. The number of anilines is 1. The molecule has 0 spiro atoms. The zero-order valence-corrected chi connectivity index (χ0v) is 12.1. The smallest absolute Gasteiger partial charge is 0.147 e. The van der Waals surface area contributed by atoms with Crippen LogP contribution in [0.4, 0.5) is 10.1 Å². The van der Waals surface area contributed by atoms with Crippen LogP contribution in [0.1, 0.15) is 30.5 Å². The van der Waals surface area contributed by atoms with E-state index in [1.54, 1.807) is 19.2 Å². The molecule has 108 valence electrons. The number of nitriles is 1. The van der Waals surface area contributed by atoms with Gasteiger partial charge >= 0.3 is 0 Å². The minimum absolute atomic E-state index is 0.00154. The number of ether oxygens (including phenoxy) is 1. The molecule has 0 aliphatic rings. The molecule has 2 rings (SSSR count). The van der Waals surface area contributed by atoms with Crippen molar-refractivity contribution in [3.05, 3.63) is 59.4 Å². The molecular formula is C17H17FN2O. The van der Waals surface area contributed by atoms with E-state index in [-0.39, 0.29) is 6.04 Å². The van der Waals surface area contributed by atoms with E-state index < -0.39 is 5.82 Å². The SMILES string of the molecule is CCC(Nc1ccc(C#N)cc1F)c1ccc(OC)cc1. The molecule has 0 aliphatic carbocycles. The first-order valence-electron chi connectivity index (χ1n) is 6.78. The van der Waals surface area contributed by atoms with E-state index in [1.807, 2.05) is 37.3 Å². The first kappa shape index (κ1) is 14.9. The predicted octanol–water partition coefficient (Wildman–Crippen LogP) is 4.27. The lowest BCUT2D eigenvalue weighted by atomic mass is 10.0. The van der Waals surface area contributed by atoms with Crippen molar-refractivity contribution in [2.24, 2.45) is 0 Å². The topological polar surface area (TPSA) is 45.0 Å². The van der Waals surface area contributed by atoms with Gasteiger partial charge < -0.3 is 10.1 Å². The zero-order chi connectivity index (χ0) is 15.2. The third-order valence-electron chi connectivity index (χ3n) is 3.35. The van der Waals surface area contributed by atoms with Crippen LogP contribution in [0.3, 0.4) is 0 Å². The second-order valence-corrected chi connectivity index (χ2v) is 4.68. The summed E-state index contributed by atoms with van der Waals surface area (Å²) in [5.41, 5.74) is 1.77. The predicted molar refractivity (Wildman–Crippen MR) is 80.8 cm³/mol. The summed E-state index contributed by atoms with van der Waals surface area (Å²) in [4.78, 5) is 0. The van der Waals surface area contributed by atoms with Gasteiger partial charge in [0.05, 0.1) is 30.5 Å². The average Bonchev–Trinajstić information content (AvgIpc) is 2.54. The maximum absolute atomic E-state index is 13.9. The quantitative estimate of drug-likeness (QED) is 0.891. The highest BCUT2D eigenvalue weighted by Crippen LogP contribution is 2.26. The molecular weight excluding hydrogens is 267 g/mol. The third kappa shape index (κ3) is 3.51. The van der Waals surface area contributed by atoms with Crippen molar-refractivity contribution >= 4 is 5.69 Å². The fourth-order valence-corrected chi connectivity index (χ4v) is 2.15. The lowest BCUT2D eigenvalue weighted by Crippen LogP contribution is -2.10. The Bertz CT molecular complexity index is 647. The van der Waals surface area contributed by atoms with Gasteiger partial charge in [0.2, 0.25) is 0 Å². The Morgan fingerprint density at radius 1 is 1.24 bits per heavy atom. The van der Waals surface area contributed by atoms with Crippen molar-refractivity contribution in [2.75, 3.05) is 12.4 Å². The fraction of sp³-hybridized carbons (Fsp3) is 0.235. The number of methoxy groups -OCH3 is 1. The second-order valence-electron chi connectivity index (χ2n) is 4.68. The molecule has 2 aromatic rings. The molecule has 1 unspecified atom stereocenters. The number of hydrogen-bond donors (Lipinski definition) is 1. The number of nitrogens with zero attached hydrogens (tertiary/aromatic N) is 1. The molecule has 4 heteroatoms. The summed E-state index contributed by atoms with van der Waals surface area (Å²) in [5, 5.41) is 11.9. The minimum Gasteiger partial charge on any atom is -0.497 e. The lowest BCUT2D eigenvalue weighted by Gasteiger charge is -2.19. The highest BCUT2D eigenvalue weighted by molar-refractivity contribution is 5.50. The minimum atomic E-state index is -0.416. The third-order valence-corrected chi connectivity index (χ3v) is 3.35. The number of halogens is 1. The molecule has 0 saturated carbocycles. The van der Waals surface area contributed by atoms with Crippen LogP contribution in [0.2, 0.25) is 0 Å². The van der Waals surface area contributed by atoms with Crippen molar-refractivity contribution < 1.29 is 9.13 Å². The van der Waals surface area contributed by atoms with E-state index in [1.165, 1.54) is 6.07 Å². The van der Waals surface area contributed by atoms with E-state index in [2.05, 4.69) is 5.32 Å². The van der Waals surface area contributed by atoms with Gasteiger partial charge in [-0.15, -0.1) is 0 Å². The molecule has 0 aromatic heterocycles. The van der Waals surface area contributed by atoms with Gasteiger partial charge in [0.25, 0.3) is 0 Å². The molecule has 3 nitrogen and oxygen atoms in total. The maximum Gasteiger partial charge on any atom is 0.147 e. The molecule has 1 atom stereocenters. The summed E-state index contributed by atoms with van der Waals surface area (Å²) >= 11 is 0. The second kappa shape index (κ2) is 6.76. The van der Waals surface area contributed by atoms with Gasteiger partial charge in [0.1, 0.15) is 11.6 Å². The van der Waals surface area contributed by atoms with Crippen LogP contribution in [0.25, 0.3) is 0 Å². The maximum atomic E-state index is 13.9. The van der Waals surface area contributed by atoms with Crippen molar-refractivity contribution in [3.8, 4) is 11.8 Å². The Labute approximate surface area is 124 Å². The van der Waals surface area contributed by atoms with E-state index in [4.69, 9.17) is 10.00 Å². The number of hydrogen-bond acceptors (Lipinski definition) is 3. The molecule has 0 saturated heterocycles. The van der Waals surface area contributed by atoms with Crippen LogP contribution >= 0.6 is 0 Å². The summed E-state index contributed by atoms with van der Waals surface area (Å²) < 4.78 is 19.1. The van der Waals surface area contributed by atoms with Gasteiger partial charge in [-0.3, -0.25) is 0 Å². The Morgan fingerprint density at radius 2 is 1.95 bits per heavy atom. The molecule has 1 N–H and O–H groups in total. The van der Waals surface area contributed by atoms with Gasteiger partial charge in [-0.1, -0.05) is 19.1 Å². The average molecular weight is 284 g/mol.